The molecule has 1 aliphatic heterocycles. The van der Waals surface area contributed by atoms with Crippen LogP contribution in [0.3, 0.4) is 0 Å². The number of anilines is 1. The highest BCUT2D eigenvalue weighted by atomic mass is 16.3. The van der Waals surface area contributed by atoms with Crippen LogP contribution < -0.4 is 5.73 Å². The molecule has 4 N–H and O–H groups in total. The lowest BCUT2D eigenvalue weighted by Crippen LogP contribution is -2.31. The summed E-state index contributed by atoms with van der Waals surface area (Å²) in [7, 11) is 0. The van der Waals surface area contributed by atoms with E-state index in [1.807, 2.05) is 6.07 Å². The molecule has 0 bridgehead atoms. The fraction of sp³-hybridized carbons (Fsp3) is 0.500. The lowest BCUT2D eigenvalue weighted by Gasteiger charge is -2.22. The first-order valence-electron chi connectivity index (χ1n) is 5.63. The number of nitrogen functional groups attached to an aromatic ring is 1. The van der Waals surface area contributed by atoms with Gasteiger partial charge in [0, 0.05) is 12.6 Å². The van der Waals surface area contributed by atoms with Crippen LogP contribution in [0.1, 0.15) is 18.4 Å². The van der Waals surface area contributed by atoms with Crippen LogP contribution in [-0.4, -0.2) is 34.3 Å². The molecule has 1 atom stereocenters. The van der Waals surface area contributed by atoms with Gasteiger partial charge >= 0.3 is 0 Å². The zero-order valence-electron chi connectivity index (χ0n) is 9.26. The fourth-order valence-electron chi connectivity index (χ4n) is 2.25. The number of nitrogens with two attached hydrogens (primary N) is 1. The first-order chi connectivity index (χ1) is 7.70. The molecule has 0 spiro atoms. The molecule has 0 saturated carbocycles. The number of phenols is 1. The quantitative estimate of drug-likeness (QED) is 0.525. The normalized spacial score (nSPS) is 21.4. The van der Waals surface area contributed by atoms with Gasteiger partial charge in [0.05, 0.1) is 12.3 Å². The Bertz CT molecular complexity index is 368. The number of aromatic hydroxyl groups is 1. The summed E-state index contributed by atoms with van der Waals surface area (Å²) in [5.41, 5.74) is 7.14. The number of hydrogen-bond donors (Lipinski definition) is 3. The standard InChI is InChI=1S/C12H18N2O2/c13-11-6-9(3-4-12(11)16)7-14-5-1-2-10(14)8-15/h3-4,6,10,15-16H,1-2,5,7-8,13H2. The summed E-state index contributed by atoms with van der Waals surface area (Å²) in [5.74, 6) is 0.129. The number of phenolic OH excluding ortho intramolecular Hbond substituents is 1. The van der Waals surface area contributed by atoms with Crippen LogP contribution in [0.25, 0.3) is 0 Å². The second-order valence-electron chi connectivity index (χ2n) is 4.34. The van der Waals surface area contributed by atoms with Crippen molar-refractivity contribution >= 4 is 5.69 Å². The largest absolute Gasteiger partial charge is 0.506 e. The molecule has 1 heterocycles. The van der Waals surface area contributed by atoms with Gasteiger partial charge in [0.25, 0.3) is 0 Å². The van der Waals surface area contributed by atoms with Gasteiger partial charge in [-0.3, -0.25) is 4.90 Å². The van der Waals surface area contributed by atoms with E-state index in [1.165, 1.54) is 0 Å². The topological polar surface area (TPSA) is 69.7 Å². The number of hydrogen-bond acceptors (Lipinski definition) is 4. The Labute approximate surface area is 95.3 Å². The van der Waals surface area contributed by atoms with Crippen LogP contribution >= 0.6 is 0 Å². The average Bonchev–Trinajstić information content (AvgIpc) is 2.71. The molecule has 0 amide bonds. The number of nitrogens with zero attached hydrogens (tertiary/aromatic N) is 1. The van der Waals surface area contributed by atoms with Gasteiger partial charge in [0.2, 0.25) is 0 Å². The Kier molecular flexibility index (Phi) is 3.31. The van der Waals surface area contributed by atoms with Gasteiger partial charge in [-0.1, -0.05) is 6.07 Å². The van der Waals surface area contributed by atoms with Crippen LogP contribution in [0, 0.1) is 0 Å². The highest BCUT2D eigenvalue weighted by Crippen LogP contribution is 2.24. The Hall–Kier alpha value is -1.26. The van der Waals surface area contributed by atoms with E-state index in [2.05, 4.69) is 4.90 Å². The monoisotopic (exact) mass is 222 g/mol. The van der Waals surface area contributed by atoms with Crippen LogP contribution in [0.5, 0.6) is 5.75 Å². The van der Waals surface area contributed by atoms with Crippen LogP contribution in [0.2, 0.25) is 0 Å². The predicted octanol–water partition coefficient (Wildman–Crippen LogP) is 0.931. The van der Waals surface area contributed by atoms with Crippen molar-refractivity contribution in [3.05, 3.63) is 23.8 Å². The van der Waals surface area contributed by atoms with Gasteiger partial charge in [-0.15, -0.1) is 0 Å². The van der Waals surface area contributed by atoms with E-state index in [0.717, 1.165) is 31.5 Å². The molecule has 2 rings (SSSR count). The van der Waals surface area contributed by atoms with E-state index >= 15 is 0 Å². The van der Waals surface area contributed by atoms with E-state index in [9.17, 15) is 10.2 Å². The summed E-state index contributed by atoms with van der Waals surface area (Å²) in [5, 5.41) is 18.5. The van der Waals surface area contributed by atoms with Crippen LogP contribution in [0.15, 0.2) is 18.2 Å². The lowest BCUT2D eigenvalue weighted by molar-refractivity contribution is 0.153. The fourth-order valence-corrected chi connectivity index (χ4v) is 2.25. The van der Waals surface area contributed by atoms with Crippen LogP contribution in [-0.2, 0) is 6.54 Å². The molecule has 88 valence electrons. The molecule has 0 radical (unpaired) electrons. The van der Waals surface area contributed by atoms with Gasteiger partial charge in [-0.2, -0.15) is 0 Å². The maximum atomic E-state index is 9.32. The molecule has 1 unspecified atom stereocenters. The van der Waals surface area contributed by atoms with Crippen molar-refractivity contribution < 1.29 is 10.2 Å². The highest BCUT2D eigenvalue weighted by molar-refractivity contribution is 5.53. The summed E-state index contributed by atoms with van der Waals surface area (Å²) >= 11 is 0. The number of aliphatic hydroxyl groups excluding tert-OH is 1. The van der Waals surface area contributed by atoms with Gasteiger partial charge < -0.3 is 15.9 Å². The summed E-state index contributed by atoms with van der Waals surface area (Å²) in [6.07, 6.45) is 2.20. The molecule has 1 fully saturated rings. The minimum atomic E-state index is 0.129. The van der Waals surface area contributed by atoms with Crippen molar-refractivity contribution in [3.63, 3.8) is 0 Å². The SMILES string of the molecule is Nc1cc(CN2CCCC2CO)ccc1O. The Balaban J connectivity index is 2.05. The third kappa shape index (κ3) is 2.28. The van der Waals surface area contributed by atoms with Crippen molar-refractivity contribution in [3.8, 4) is 5.75 Å². The summed E-state index contributed by atoms with van der Waals surface area (Å²) < 4.78 is 0. The van der Waals surface area contributed by atoms with E-state index in [-0.39, 0.29) is 18.4 Å². The molecule has 1 aliphatic rings. The highest BCUT2D eigenvalue weighted by Gasteiger charge is 2.23. The molecule has 1 aromatic carbocycles. The number of likely N-dealkylation sites (tertiary alicyclic amines) is 1. The molecular formula is C12H18N2O2. The first kappa shape index (κ1) is 11.2. The van der Waals surface area contributed by atoms with Crippen molar-refractivity contribution in [1.82, 2.24) is 4.90 Å². The minimum absolute atomic E-state index is 0.129. The molecule has 1 saturated heterocycles. The van der Waals surface area contributed by atoms with E-state index in [4.69, 9.17) is 5.73 Å². The number of rotatable bonds is 3. The minimum Gasteiger partial charge on any atom is -0.506 e. The Morgan fingerprint density at radius 1 is 1.44 bits per heavy atom. The number of aliphatic hydroxyl groups is 1. The summed E-state index contributed by atoms with van der Waals surface area (Å²) in [6.45, 7) is 2.02. The number of benzene rings is 1. The lowest BCUT2D eigenvalue weighted by atomic mass is 10.1. The molecule has 4 nitrogen and oxygen atoms in total. The molecule has 4 heteroatoms. The van der Waals surface area contributed by atoms with E-state index in [1.54, 1.807) is 12.1 Å². The van der Waals surface area contributed by atoms with Crippen LogP contribution in [0.4, 0.5) is 5.69 Å². The summed E-state index contributed by atoms with van der Waals surface area (Å²) in [6, 6.07) is 5.56. The second kappa shape index (κ2) is 4.72. The molecular weight excluding hydrogens is 204 g/mol. The van der Waals surface area contributed by atoms with E-state index < -0.39 is 0 Å². The average molecular weight is 222 g/mol. The Morgan fingerprint density at radius 3 is 2.94 bits per heavy atom. The molecule has 1 aromatic rings. The first-order valence-corrected chi connectivity index (χ1v) is 5.63. The summed E-state index contributed by atoms with van der Waals surface area (Å²) in [4.78, 5) is 2.26. The molecule has 0 aromatic heterocycles. The third-order valence-corrected chi connectivity index (χ3v) is 3.19. The smallest absolute Gasteiger partial charge is 0.138 e. The zero-order chi connectivity index (χ0) is 11.5. The van der Waals surface area contributed by atoms with Gasteiger partial charge in [0.1, 0.15) is 5.75 Å². The van der Waals surface area contributed by atoms with Gasteiger partial charge in [-0.05, 0) is 37.1 Å². The van der Waals surface area contributed by atoms with Crippen molar-refractivity contribution in [2.24, 2.45) is 0 Å². The molecule has 16 heavy (non-hydrogen) atoms. The predicted molar refractivity (Wildman–Crippen MR) is 63.0 cm³/mol. The maximum Gasteiger partial charge on any atom is 0.138 e. The van der Waals surface area contributed by atoms with Gasteiger partial charge in [0.15, 0.2) is 0 Å². The van der Waals surface area contributed by atoms with Gasteiger partial charge in [-0.25, -0.2) is 0 Å². The van der Waals surface area contributed by atoms with E-state index in [0.29, 0.717) is 5.69 Å². The maximum absolute atomic E-state index is 9.32. The van der Waals surface area contributed by atoms with Crippen molar-refractivity contribution in [2.75, 3.05) is 18.9 Å². The third-order valence-electron chi connectivity index (χ3n) is 3.19. The van der Waals surface area contributed by atoms with Crippen molar-refractivity contribution in [1.29, 1.82) is 0 Å². The second-order valence-corrected chi connectivity index (χ2v) is 4.34. The molecule has 0 aliphatic carbocycles. The van der Waals surface area contributed by atoms with Crippen molar-refractivity contribution in [2.45, 2.75) is 25.4 Å². The zero-order valence-corrected chi connectivity index (χ0v) is 9.26. The Morgan fingerprint density at radius 2 is 2.25 bits per heavy atom.